The molecule has 0 fully saturated rings. The van der Waals surface area contributed by atoms with Crippen molar-refractivity contribution in [3.05, 3.63) is 64.7 Å². The molecule has 0 saturated heterocycles. The van der Waals surface area contributed by atoms with Crippen LogP contribution in [0.1, 0.15) is 31.9 Å². The molecule has 2 aromatic carbocycles. The molecular formula is C17H20ClNO. The third-order valence-electron chi connectivity index (χ3n) is 3.25. The minimum atomic E-state index is -0.582. The average Bonchev–Trinajstić information content (AvgIpc) is 2.38. The van der Waals surface area contributed by atoms with E-state index in [1.165, 1.54) is 0 Å². The largest absolute Gasteiger partial charge is 0.491 e. The van der Waals surface area contributed by atoms with Crippen LogP contribution in [0.25, 0.3) is 0 Å². The Bertz CT molecular complexity index is 576. The molecule has 1 unspecified atom stereocenters. The van der Waals surface area contributed by atoms with Gasteiger partial charge in [-0.05, 0) is 56.2 Å². The number of halogens is 1. The van der Waals surface area contributed by atoms with Gasteiger partial charge in [-0.15, -0.1) is 0 Å². The summed E-state index contributed by atoms with van der Waals surface area (Å²) in [7, 11) is 0. The molecule has 0 spiro atoms. The van der Waals surface area contributed by atoms with Crippen LogP contribution in [0, 0.1) is 0 Å². The fourth-order valence-corrected chi connectivity index (χ4v) is 2.32. The highest BCUT2D eigenvalue weighted by atomic mass is 35.5. The van der Waals surface area contributed by atoms with Gasteiger partial charge in [0.15, 0.2) is 0 Å². The van der Waals surface area contributed by atoms with Crippen LogP contribution >= 0.6 is 11.6 Å². The van der Waals surface area contributed by atoms with Crippen molar-refractivity contribution in [1.29, 1.82) is 0 Å². The van der Waals surface area contributed by atoms with E-state index in [4.69, 9.17) is 22.1 Å². The van der Waals surface area contributed by atoms with E-state index in [-0.39, 0.29) is 6.10 Å². The molecule has 0 aliphatic heterocycles. The van der Waals surface area contributed by atoms with Crippen LogP contribution in [0.3, 0.4) is 0 Å². The van der Waals surface area contributed by atoms with Crippen molar-refractivity contribution in [3.8, 4) is 5.75 Å². The smallest absolute Gasteiger partial charge is 0.119 e. The quantitative estimate of drug-likeness (QED) is 0.908. The van der Waals surface area contributed by atoms with Gasteiger partial charge in [0.1, 0.15) is 5.75 Å². The SMILES string of the molecule is CC(C)Oc1ccc(C(C)(N)c2cccc(Cl)c2)cc1. The van der Waals surface area contributed by atoms with Crippen molar-refractivity contribution in [1.82, 2.24) is 0 Å². The summed E-state index contributed by atoms with van der Waals surface area (Å²) in [5, 5.41) is 0.693. The molecule has 3 heteroatoms. The van der Waals surface area contributed by atoms with Gasteiger partial charge in [-0.2, -0.15) is 0 Å². The number of ether oxygens (including phenoxy) is 1. The van der Waals surface area contributed by atoms with E-state index in [1.807, 2.05) is 69.3 Å². The standard InChI is InChI=1S/C17H20ClNO/c1-12(2)20-16-9-7-13(8-10-16)17(3,19)14-5-4-6-15(18)11-14/h4-12H,19H2,1-3H3. The molecule has 2 N–H and O–H groups in total. The van der Waals surface area contributed by atoms with Crippen LogP contribution in [0.4, 0.5) is 0 Å². The van der Waals surface area contributed by atoms with Gasteiger partial charge >= 0.3 is 0 Å². The lowest BCUT2D eigenvalue weighted by atomic mass is 9.86. The first kappa shape index (κ1) is 14.9. The third-order valence-corrected chi connectivity index (χ3v) is 3.49. The van der Waals surface area contributed by atoms with Crippen molar-refractivity contribution in [3.63, 3.8) is 0 Å². The highest BCUT2D eigenvalue weighted by Crippen LogP contribution is 2.29. The topological polar surface area (TPSA) is 35.2 Å². The summed E-state index contributed by atoms with van der Waals surface area (Å²) in [6.45, 7) is 6.00. The van der Waals surface area contributed by atoms with E-state index in [0.717, 1.165) is 16.9 Å². The summed E-state index contributed by atoms with van der Waals surface area (Å²) in [6, 6.07) is 15.6. The predicted molar refractivity (Wildman–Crippen MR) is 84.3 cm³/mol. The van der Waals surface area contributed by atoms with Crippen LogP contribution < -0.4 is 10.5 Å². The average molecular weight is 290 g/mol. The fourth-order valence-electron chi connectivity index (χ4n) is 2.13. The lowest BCUT2D eigenvalue weighted by molar-refractivity contribution is 0.242. The Morgan fingerprint density at radius 3 is 2.25 bits per heavy atom. The first-order valence-electron chi connectivity index (χ1n) is 6.71. The number of rotatable bonds is 4. The number of hydrogen-bond acceptors (Lipinski definition) is 2. The summed E-state index contributed by atoms with van der Waals surface area (Å²) >= 11 is 6.05. The zero-order chi connectivity index (χ0) is 14.8. The zero-order valence-electron chi connectivity index (χ0n) is 12.1. The van der Waals surface area contributed by atoms with Crippen molar-refractivity contribution < 1.29 is 4.74 Å². The second-order valence-corrected chi connectivity index (χ2v) is 5.84. The van der Waals surface area contributed by atoms with Gasteiger partial charge in [-0.1, -0.05) is 35.9 Å². The van der Waals surface area contributed by atoms with Crippen LogP contribution in [0.5, 0.6) is 5.75 Å². The summed E-state index contributed by atoms with van der Waals surface area (Å²) in [5.74, 6) is 0.852. The molecule has 0 aromatic heterocycles. The predicted octanol–water partition coefficient (Wildman–Crippen LogP) is 4.35. The summed E-state index contributed by atoms with van der Waals surface area (Å²) in [5.41, 5.74) is 7.91. The molecule has 0 aliphatic carbocycles. The minimum absolute atomic E-state index is 0.165. The minimum Gasteiger partial charge on any atom is -0.491 e. The van der Waals surface area contributed by atoms with Crippen LogP contribution in [-0.4, -0.2) is 6.10 Å². The first-order valence-corrected chi connectivity index (χ1v) is 7.09. The van der Waals surface area contributed by atoms with Gasteiger partial charge in [-0.25, -0.2) is 0 Å². The van der Waals surface area contributed by atoms with Crippen LogP contribution in [0.15, 0.2) is 48.5 Å². The molecule has 1 atom stereocenters. The molecule has 0 radical (unpaired) electrons. The van der Waals surface area contributed by atoms with Gasteiger partial charge in [0.2, 0.25) is 0 Å². The van der Waals surface area contributed by atoms with Crippen molar-refractivity contribution in [2.75, 3.05) is 0 Å². The molecule has 0 amide bonds. The summed E-state index contributed by atoms with van der Waals surface area (Å²) < 4.78 is 5.64. The van der Waals surface area contributed by atoms with Crippen LogP contribution in [-0.2, 0) is 5.54 Å². The Hall–Kier alpha value is -1.51. The summed E-state index contributed by atoms with van der Waals surface area (Å²) in [6.07, 6.45) is 0.165. The Labute approximate surface area is 125 Å². The maximum absolute atomic E-state index is 6.48. The maximum Gasteiger partial charge on any atom is 0.119 e. The lowest BCUT2D eigenvalue weighted by Crippen LogP contribution is -2.34. The van der Waals surface area contributed by atoms with Crippen molar-refractivity contribution >= 4 is 11.6 Å². The van der Waals surface area contributed by atoms with Crippen molar-refractivity contribution in [2.45, 2.75) is 32.4 Å². The molecule has 106 valence electrons. The highest BCUT2D eigenvalue weighted by molar-refractivity contribution is 6.30. The lowest BCUT2D eigenvalue weighted by Gasteiger charge is -2.26. The Balaban J connectivity index is 2.29. The number of benzene rings is 2. The molecule has 0 aliphatic rings. The molecule has 0 saturated carbocycles. The second-order valence-electron chi connectivity index (χ2n) is 5.40. The van der Waals surface area contributed by atoms with E-state index >= 15 is 0 Å². The molecule has 0 heterocycles. The molecule has 2 rings (SSSR count). The van der Waals surface area contributed by atoms with Gasteiger partial charge in [0, 0.05) is 5.02 Å². The molecule has 20 heavy (non-hydrogen) atoms. The fraction of sp³-hybridized carbons (Fsp3) is 0.294. The normalized spacial score (nSPS) is 14.1. The van der Waals surface area contributed by atoms with Gasteiger partial charge in [0.05, 0.1) is 11.6 Å². The van der Waals surface area contributed by atoms with Gasteiger partial charge < -0.3 is 10.5 Å². The van der Waals surface area contributed by atoms with E-state index in [0.29, 0.717) is 5.02 Å². The third kappa shape index (κ3) is 3.33. The van der Waals surface area contributed by atoms with E-state index in [1.54, 1.807) is 0 Å². The van der Waals surface area contributed by atoms with E-state index in [9.17, 15) is 0 Å². The molecule has 0 bridgehead atoms. The van der Waals surface area contributed by atoms with Crippen molar-refractivity contribution in [2.24, 2.45) is 5.73 Å². The maximum atomic E-state index is 6.48. The highest BCUT2D eigenvalue weighted by Gasteiger charge is 2.23. The van der Waals surface area contributed by atoms with E-state index in [2.05, 4.69) is 0 Å². The number of hydrogen-bond donors (Lipinski definition) is 1. The Kier molecular flexibility index (Phi) is 4.36. The summed E-state index contributed by atoms with van der Waals surface area (Å²) in [4.78, 5) is 0. The Morgan fingerprint density at radius 1 is 1.05 bits per heavy atom. The zero-order valence-corrected chi connectivity index (χ0v) is 12.8. The van der Waals surface area contributed by atoms with Crippen LogP contribution in [0.2, 0.25) is 5.02 Å². The van der Waals surface area contributed by atoms with Gasteiger partial charge in [-0.3, -0.25) is 0 Å². The molecule has 2 aromatic rings. The Morgan fingerprint density at radius 2 is 1.70 bits per heavy atom. The molecule has 2 nitrogen and oxygen atoms in total. The van der Waals surface area contributed by atoms with Gasteiger partial charge in [0.25, 0.3) is 0 Å². The first-order chi connectivity index (χ1) is 9.39. The molecular weight excluding hydrogens is 270 g/mol. The van der Waals surface area contributed by atoms with E-state index < -0.39 is 5.54 Å². The number of nitrogens with two attached hydrogens (primary N) is 1. The second kappa shape index (κ2) is 5.86. The monoisotopic (exact) mass is 289 g/mol.